The molecule has 1 saturated carbocycles. The Bertz CT molecular complexity index is 450. The van der Waals surface area contributed by atoms with E-state index in [0.29, 0.717) is 0 Å². The van der Waals surface area contributed by atoms with E-state index in [4.69, 9.17) is 5.84 Å². The Morgan fingerprint density at radius 3 is 2.11 bits per heavy atom. The number of amides is 1. The lowest BCUT2D eigenvalue weighted by atomic mass is 9.73. The van der Waals surface area contributed by atoms with E-state index in [1.807, 2.05) is 0 Å². The fourth-order valence-corrected chi connectivity index (χ4v) is 3.64. The van der Waals surface area contributed by atoms with Gasteiger partial charge in [-0.1, -0.05) is 30.5 Å². The maximum Gasteiger partial charge on any atom is 0.244 e. The SMILES string of the molecule is Cc1cc(C)c(C2(C(=O)NN)CCCC2)c(C)c1. The number of hydrogen-bond acceptors (Lipinski definition) is 2. The van der Waals surface area contributed by atoms with Gasteiger partial charge in [0.2, 0.25) is 5.91 Å². The minimum absolute atomic E-state index is 0.0324. The highest BCUT2D eigenvalue weighted by Gasteiger charge is 2.44. The van der Waals surface area contributed by atoms with Crippen LogP contribution < -0.4 is 11.3 Å². The molecule has 1 aromatic carbocycles. The van der Waals surface area contributed by atoms with Gasteiger partial charge in [0, 0.05) is 0 Å². The first kappa shape index (κ1) is 13.1. The van der Waals surface area contributed by atoms with Crippen LogP contribution in [0.4, 0.5) is 0 Å². The molecular formula is C15H22N2O. The summed E-state index contributed by atoms with van der Waals surface area (Å²) in [6, 6.07) is 4.32. The van der Waals surface area contributed by atoms with E-state index < -0.39 is 5.41 Å². The van der Waals surface area contributed by atoms with Crippen molar-refractivity contribution >= 4 is 5.91 Å². The maximum atomic E-state index is 12.3. The van der Waals surface area contributed by atoms with Gasteiger partial charge in [-0.05, 0) is 50.3 Å². The van der Waals surface area contributed by atoms with Crippen LogP contribution in [0.5, 0.6) is 0 Å². The van der Waals surface area contributed by atoms with Crippen LogP contribution in [-0.4, -0.2) is 5.91 Å². The molecule has 1 fully saturated rings. The van der Waals surface area contributed by atoms with E-state index in [2.05, 4.69) is 38.3 Å². The van der Waals surface area contributed by atoms with Crippen molar-refractivity contribution in [3.05, 3.63) is 34.4 Å². The number of carbonyl (C=O) groups is 1. The summed E-state index contributed by atoms with van der Waals surface area (Å²) in [6.07, 6.45) is 4.00. The molecule has 3 heteroatoms. The second kappa shape index (κ2) is 4.73. The third-order valence-electron chi connectivity index (χ3n) is 4.18. The van der Waals surface area contributed by atoms with Gasteiger partial charge in [0.1, 0.15) is 0 Å². The molecule has 3 nitrogen and oxygen atoms in total. The average Bonchev–Trinajstić information content (AvgIpc) is 2.77. The zero-order chi connectivity index (χ0) is 13.3. The molecule has 0 spiro atoms. The largest absolute Gasteiger partial charge is 0.293 e. The highest BCUT2D eigenvalue weighted by molar-refractivity contribution is 5.89. The van der Waals surface area contributed by atoms with Crippen LogP contribution in [0.1, 0.15) is 47.9 Å². The number of aryl methyl sites for hydroxylation is 3. The maximum absolute atomic E-state index is 12.3. The molecule has 0 saturated heterocycles. The highest BCUT2D eigenvalue weighted by atomic mass is 16.2. The number of hydrogen-bond donors (Lipinski definition) is 2. The fourth-order valence-electron chi connectivity index (χ4n) is 3.64. The van der Waals surface area contributed by atoms with E-state index in [9.17, 15) is 4.79 Å². The van der Waals surface area contributed by atoms with Crippen molar-refractivity contribution in [1.29, 1.82) is 0 Å². The summed E-state index contributed by atoms with van der Waals surface area (Å²) in [6.45, 7) is 6.28. The Labute approximate surface area is 109 Å². The molecule has 0 unspecified atom stereocenters. The van der Waals surface area contributed by atoms with Crippen molar-refractivity contribution in [2.24, 2.45) is 5.84 Å². The third kappa shape index (κ3) is 1.93. The van der Waals surface area contributed by atoms with Gasteiger partial charge in [-0.3, -0.25) is 10.2 Å². The first-order chi connectivity index (χ1) is 8.51. The predicted octanol–water partition coefficient (Wildman–Crippen LogP) is 2.41. The van der Waals surface area contributed by atoms with Gasteiger partial charge >= 0.3 is 0 Å². The Morgan fingerprint density at radius 1 is 1.17 bits per heavy atom. The zero-order valence-corrected chi connectivity index (χ0v) is 11.5. The summed E-state index contributed by atoms with van der Waals surface area (Å²) in [5.41, 5.74) is 6.82. The van der Waals surface area contributed by atoms with Crippen molar-refractivity contribution < 1.29 is 4.79 Å². The Kier molecular flexibility index (Phi) is 3.44. The highest BCUT2D eigenvalue weighted by Crippen LogP contribution is 2.44. The molecule has 0 aliphatic heterocycles. The van der Waals surface area contributed by atoms with Crippen LogP contribution in [-0.2, 0) is 10.2 Å². The molecule has 1 aliphatic carbocycles. The molecule has 0 aromatic heterocycles. The predicted molar refractivity (Wildman–Crippen MR) is 73.1 cm³/mol. The van der Waals surface area contributed by atoms with Crippen LogP contribution in [0.25, 0.3) is 0 Å². The molecule has 1 aliphatic rings. The van der Waals surface area contributed by atoms with Gasteiger partial charge in [-0.2, -0.15) is 0 Å². The van der Waals surface area contributed by atoms with Gasteiger partial charge in [0.25, 0.3) is 0 Å². The van der Waals surface area contributed by atoms with Crippen LogP contribution >= 0.6 is 0 Å². The van der Waals surface area contributed by atoms with E-state index in [1.165, 1.54) is 22.3 Å². The number of nitrogens with one attached hydrogen (secondary N) is 1. The monoisotopic (exact) mass is 246 g/mol. The number of carbonyl (C=O) groups excluding carboxylic acids is 1. The second-order valence-electron chi connectivity index (χ2n) is 5.54. The molecule has 1 aromatic rings. The van der Waals surface area contributed by atoms with Gasteiger partial charge in [0.15, 0.2) is 0 Å². The van der Waals surface area contributed by atoms with E-state index in [1.54, 1.807) is 0 Å². The Morgan fingerprint density at radius 2 is 1.67 bits per heavy atom. The van der Waals surface area contributed by atoms with Gasteiger partial charge < -0.3 is 0 Å². The van der Waals surface area contributed by atoms with Gasteiger partial charge in [-0.15, -0.1) is 0 Å². The van der Waals surface area contributed by atoms with E-state index in [0.717, 1.165) is 25.7 Å². The van der Waals surface area contributed by atoms with Crippen molar-refractivity contribution in [3.8, 4) is 0 Å². The van der Waals surface area contributed by atoms with Crippen molar-refractivity contribution in [3.63, 3.8) is 0 Å². The topological polar surface area (TPSA) is 55.1 Å². The summed E-state index contributed by atoms with van der Waals surface area (Å²) in [5.74, 6) is 5.37. The minimum atomic E-state index is -0.406. The van der Waals surface area contributed by atoms with Crippen molar-refractivity contribution in [2.75, 3.05) is 0 Å². The third-order valence-corrected chi connectivity index (χ3v) is 4.18. The van der Waals surface area contributed by atoms with Crippen molar-refractivity contribution in [2.45, 2.75) is 51.9 Å². The number of nitrogens with two attached hydrogens (primary N) is 1. The van der Waals surface area contributed by atoms with Crippen LogP contribution in [0.2, 0.25) is 0 Å². The summed E-state index contributed by atoms with van der Waals surface area (Å²) in [7, 11) is 0. The van der Waals surface area contributed by atoms with Crippen LogP contribution in [0, 0.1) is 20.8 Å². The molecule has 0 radical (unpaired) electrons. The molecule has 1 amide bonds. The molecule has 98 valence electrons. The first-order valence-corrected chi connectivity index (χ1v) is 6.60. The standard InChI is InChI=1S/C15H22N2O/c1-10-8-11(2)13(12(3)9-10)15(14(18)17-16)6-4-5-7-15/h8-9H,4-7,16H2,1-3H3,(H,17,18). The van der Waals surface area contributed by atoms with Crippen LogP contribution in [0.15, 0.2) is 12.1 Å². The lowest BCUT2D eigenvalue weighted by molar-refractivity contribution is -0.126. The summed E-state index contributed by atoms with van der Waals surface area (Å²) in [4.78, 5) is 12.3. The number of rotatable bonds is 2. The number of benzene rings is 1. The van der Waals surface area contributed by atoms with Crippen LogP contribution in [0.3, 0.4) is 0 Å². The molecule has 18 heavy (non-hydrogen) atoms. The Balaban J connectivity index is 2.60. The van der Waals surface area contributed by atoms with Crippen molar-refractivity contribution in [1.82, 2.24) is 5.43 Å². The normalized spacial score (nSPS) is 17.8. The molecular weight excluding hydrogens is 224 g/mol. The second-order valence-corrected chi connectivity index (χ2v) is 5.54. The summed E-state index contributed by atoms with van der Waals surface area (Å²) >= 11 is 0. The first-order valence-electron chi connectivity index (χ1n) is 6.60. The van der Waals surface area contributed by atoms with Gasteiger partial charge in [-0.25, -0.2) is 5.84 Å². The fraction of sp³-hybridized carbons (Fsp3) is 0.533. The lowest BCUT2D eigenvalue weighted by Gasteiger charge is -2.31. The average molecular weight is 246 g/mol. The summed E-state index contributed by atoms with van der Waals surface area (Å²) in [5, 5.41) is 0. The zero-order valence-electron chi connectivity index (χ0n) is 11.5. The smallest absolute Gasteiger partial charge is 0.244 e. The molecule has 3 N–H and O–H groups in total. The molecule has 0 heterocycles. The molecule has 0 bridgehead atoms. The van der Waals surface area contributed by atoms with E-state index >= 15 is 0 Å². The van der Waals surface area contributed by atoms with E-state index in [-0.39, 0.29) is 5.91 Å². The quantitative estimate of drug-likeness (QED) is 0.478. The minimum Gasteiger partial charge on any atom is -0.293 e. The molecule has 0 atom stereocenters. The number of hydrazine groups is 1. The lowest BCUT2D eigenvalue weighted by Crippen LogP contribution is -2.46. The Hall–Kier alpha value is -1.35. The summed E-state index contributed by atoms with van der Waals surface area (Å²) < 4.78 is 0. The molecule has 2 rings (SSSR count). The van der Waals surface area contributed by atoms with Gasteiger partial charge in [0.05, 0.1) is 5.41 Å².